The summed E-state index contributed by atoms with van der Waals surface area (Å²) < 4.78 is 0. The van der Waals surface area contributed by atoms with Gasteiger partial charge >= 0.3 is 0 Å². The van der Waals surface area contributed by atoms with Gasteiger partial charge < -0.3 is 5.73 Å². The first kappa shape index (κ1) is 8.55. The molecule has 0 spiro atoms. The molecule has 12 heavy (non-hydrogen) atoms. The summed E-state index contributed by atoms with van der Waals surface area (Å²) in [6.07, 6.45) is 8.57. The van der Waals surface area contributed by atoms with Gasteiger partial charge in [-0.15, -0.1) is 0 Å². The molecule has 0 aromatic carbocycles. The molecule has 0 bridgehead atoms. The van der Waals surface area contributed by atoms with E-state index in [0.29, 0.717) is 6.04 Å². The monoisotopic (exact) mass is 167 g/mol. The third kappa shape index (κ3) is 1.52. The predicted molar refractivity (Wildman–Crippen MR) is 51.8 cm³/mol. The number of nitrogens with two attached hydrogens (primary N) is 1. The highest BCUT2D eigenvalue weighted by atomic mass is 14.8. The highest BCUT2D eigenvalue weighted by Gasteiger charge is 2.46. The minimum Gasteiger partial charge on any atom is -0.327 e. The summed E-state index contributed by atoms with van der Waals surface area (Å²) in [5.41, 5.74) is 6.00. The molecule has 2 fully saturated rings. The second-order valence-electron chi connectivity index (χ2n) is 4.69. The van der Waals surface area contributed by atoms with Crippen LogP contribution in [0.3, 0.4) is 0 Å². The van der Waals surface area contributed by atoms with E-state index in [9.17, 15) is 0 Å². The molecular formula is C11H21N. The molecule has 4 atom stereocenters. The Kier molecular flexibility index (Phi) is 2.40. The van der Waals surface area contributed by atoms with E-state index < -0.39 is 0 Å². The first-order valence-electron chi connectivity index (χ1n) is 5.58. The fraction of sp³-hybridized carbons (Fsp3) is 1.00. The molecule has 0 amide bonds. The van der Waals surface area contributed by atoms with Gasteiger partial charge in [0.15, 0.2) is 0 Å². The minimum absolute atomic E-state index is 0.584. The summed E-state index contributed by atoms with van der Waals surface area (Å²) in [5.74, 6) is 2.85. The molecule has 1 nitrogen and oxygen atoms in total. The molecule has 70 valence electrons. The second-order valence-corrected chi connectivity index (χ2v) is 4.69. The SMILES string of the molecule is CCC1CCCC2C(N)C2CC1. The van der Waals surface area contributed by atoms with Crippen molar-refractivity contribution in [3.63, 3.8) is 0 Å². The molecule has 1 heteroatoms. The highest BCUT2D eigenvalue weighted by Crippen LogP contribution is 2.47. The van der Waals surface area contributed by atoms with Crippen LogP contribution in [0.25, 0.3) is 0 Å². The van der Waals surface area contributed by atoms with E-state index in [4.69, 9.17) is 5.73 Å². The van der Waals surface area contributed by atoms with Crippen LogP contribution in [0.1, 0.15) is 45.4 Å². The summed E-state index contributed by atoms with van der Waals surface area (Å²) in [6.45, 7) is 2.33. The van der Waals surface area contributed by atoms with Crippen LogP contribution in [-0.2, 0) is 0 Å². The number of hydrogen-bond acceptors (Lipinski definition) is 1. The van der Waals surface area contributed by atoms with Gasteiger partial charge in [-0.05, 0) is 30.6 Å². The molecule has 2 rings (SSSR count). The maximum atomic E-state index is 6.00. The van der Waals surface area contributed by atoms with Crippen LogP contribution in [0.2, 0.25) is 0 Å². The Morgan fingerprint density at radius 1 is 1.08 bits per heavy atom. The maximum absolute atomic E-state index is 6.00. The van der Waals surface area contributed by atoms with E-state index in [0.717, 1.165) is 17.8 Å². The molecule has 2 saturated carbocycles. The van der Waals surface area contributed by atoms with Crippen LogP contribution in [0.15, 0.2) is 0 Å². The van der Waals surface area contributed by atoms with E-state index in [1.165, 1.54) is 38.5 Å². The molecule has 2 aliphatic rings. The Bertz CT molecular complexity index is 153. The Hall–Kier alpha value is -0.0400. The topological polar surface area (TPSA) is 26.0 Å². The smallest absolute Gasteiger partial charge is 0.0102 e. The predicted octanol–water partition coefficient (Wildman–Crippen LogP) is 2.55. The normalized spacial score (nSPS) is 47.5. The first-order chi connectivity index (χ1) is 5.83. The lowest BCUT2D eigenvalue weighted by Gasteiger charge is -2.16. The van der Waals surface area contributed by atoms with Gasteiger partial charge in [-0.2, -0.15) is 0 Å². The van der Waals surface area contributed by atoms with Crippen LogP contribution < -0.4 is 5.73 Å². The first-order valence-corrected chi connectivity index (χ1v) is 5.58. The fourth-order valence-corrected chi connectivity index (χ4v) is 2.91. The largest absolute Gasteiger partial charge is 0.327 e. The molecule has 0 radical (unpaired) electrons. The van der Waals surface area contributed by atoms with Gasteiger partial charge in [-0.1, -0.05) is 32.6 Å². The van der Waals surface area contributed by atoms with E-state index >= 15 is 0 Å². The molecule has 0 aliphatic heterocycles. The Labute approximate surface area is 75.7 Å². The van der Waals surface area contributed by atoms with Gasteiger partial charge in [0.25, 0.3) is 0 Å². The van der Waals surface area contributed by atoms with E-state index in [1.54, 1.807) is 0 Å². The molecule has 0 heterocycles. The summed E-state index contributed by atoms with van der Waals surface area (Å²) in [6, 6.07) is 0.584. The molecule has 2 N–H and O–H groups in total. The Balaban J connectivity index is 1.84. The van der Waals surface area contributed by atoms with Crippen LogP contribution in [0, 0.1) is 17.8 Å². The summed E-state index contributed by atoms with van der Waals surface area (Å²) in [5, 5.41) is 0. The lowest BCUT2D eigenvalue weighted by atomic mass is 9.90. The zero-order valence-corrected chi connectivity index (χ0v) is 8.13. The number of rotatable bonds is 1. The molecule has 0 aromatic rings. The molecule has 0 aromatic heterocycles. The summed E-state index contributed by atoms with van der Waals surface area (Å²) in [7, 11) is 0. The number of hydrogen-bond donors (Lipinski definition) is 1. The van der Waals surface area contributed by atoms with Crippen molar-refractivity contribution < 1.29 is 0 Å². The van der Waals surface area contributed by atoms with Gasteiger partial charge in [0.2, 0.25) is 0 Å². The van der Waals surface area contributed by atoms with Crippen molar-refractivity contribution in [2.75, 3.05) is 0 Å². The van der Waals surface area contributed by atoms with Crippen molar-refractivity contribution in [3.8, 4) is 0 Å². The van der Waals surface area contributed by atoms with E-state index in [-0.39, 0.29) is 0 Å². The minimum atomic E-state index is 0.584. The van der Waals surface area contributed by atoms with Gasteiger partial charge in [-0.25, -0.2) is 0 Å². The Morgan fingerprint density at radius 3 is 2.58 bits per heavy atom. The van der Waals surface area contributed by atoms with Gasteiger partial charge in [-0.3, -0.25) is 0 Å². The quantitative estimate of drug-likeness (QED) is 0.638. The van der Waals surface area contributed by atoms with Crippen molar-refractivity contribution in [2.45, 2.75) is 51.5 Å². The average molecular weight is 167 g/mol. The van der Waals surface area contributed by atoms with Crippen molar-refractivity contribution in [3.05, 3.63) is 0 Å². The molecular weight excluding hydrogens is 146 g/mol. The summed E-state index contributed by atoms with van der Waals surface area (Å²) in [4.78, 5) is 0. The van der Waals surface area contributed by atoms with Crippen molar-refractivity contribution in [1.29, 1.82) is 0 Å². The van der Waals surface area contributed by atoms with Crippen LogP contribution in [0.5, 0.6) is 0 Å². The van der Waals surface area contributed by atoms with Gasteiger partial charge in [0.1, 0.15) is 0 Å². The van der Waals surface area contributed by atoms with Crippen molar-refractivity contribution >= 4 is 0 Å². The lowest BCUT2D eigenvalue weighted by molar-refractivity contribution is 0.361. The molecule has 0 saturated heterocycles. The third-order valence-corrected chi connectivity index (χ3v) is 4.03. The average Bonchev–Trinajstić information content (AvgIpc) is 2.60. The van der Waals surface area contributed by atoms with Crippen molar-refractivity contribution in [1.82, 2.24) is 0 Å². The van der Waals surface area contributed by atoms with Crippen LogP contribution >= 0.6 is 0 Å². The van der Waals surface area contributed by atoms with Gasteiger partial charge in [0, 0.05) is 6.04 Å². The summed E-state index contributed by atoms with van der Waals surface area (Å²) >= 11 is 0. The van der Waals surface area contributed by atoms with Gasteiger partial charge in [0.05, 0.1) is 0 Å². The maximum Gasteiger partial charge on any atom is 0.0102 e. The fourth-order valence-electron chi connectivity index (χ4n) is 2.91. The zero-order valence-electron chi connectivity index (χ0n) is 8.13. The van der Waals surface area contributed by atoms with Crippen molar-refractivity contribution in [2.24, 2.45) is 23.5 Å². The molecule has 4 unspecified atom stereocenters. The van der Waals surface area contributed by atoms with E-state index in [2.05, 4.69) is 6.92 Å². The van der Waals surface area contributed by atoms with E-state index in [1.807, 2.05) is 0 Å². The van der Waals surface area contributed by atoms with Crippen LogP contribution in [0.4, 0.5) is 0 Å². The Morgan fingerprint density at radius 2 is 1.83 bits per heavy atom. The second kappa shape index (κ2) is 3.37. The standard InChI is InChI=1S/C11H21N/c1-2-8-4-3-5-9-10(7-6-8)11(9)12/h8-11H,2-7,12H2,1H3. The number of fused-ring (bicyclic) bond motifs is 1. The zero-order chi connectivity index (χ0) is 8.55. The third-order valence-electron chi connectivity index (χ3n) is 4.03. The van der Waals surface area contributed by atoms with Crippen LogP contribution in [-0.4, -0.2) is 6.04 Å². The molecule has 2 aliphatic carbocycles. The lowest BCUT2D eigenvalue weighted by Crippen LogP contribution is -2.04. The highest BCUT2D eigenvalue weighted by molar-refractivity contribution is 5.01.